The van der Waals surface area contributed by atoms with Gasteiger partial charge >= 0.3 is 0 Å². The van der Waals surface area contributed by atoms with Crippen LogP contribution in [0.2, 0.25) is 5.02 Å². The van der Waals surface area contributed by atoms with Crippen LogP contribution in [0.25, 0.3) is 0 Å². The van der Waals surface area contributed by atoms with Crippen LogP contribution in [0, 0.1) is 0 Å². The average molecular weight is 541 g/mol. The van der Waals surface area contributed by atoms with Crippen molar-refractivity contribution < 1.29 is 13.9 Å². The molecular formula is C26H30ClFN8O2. The highest BCUT2D eigenvalue weighted by Gasteiger charge is 2.40. The highest BCUT2D eigenvalue weighted by atomic mass is 35.5. The summed E-state index contributed by atoms with van der Waals surface area (Å²) in [4.78, 5) is 32.2. The smallest absolute Gasteiger partial charge is 0.270 e. The summed E-state index contributed by atoms with van der Waals surface area (Å²) in [6.07, 6.45) is 3.24. The van der Waals surface area contributed by atoms with E-state index in [0.29, 0.717) is 33.9 Å². The van der Waals surface area contributed by atoms with Crippen LogP contribution >= 0.6 is 11.6 Å². The Kier molecular flexibility index (Phi) is 7.22. The Labute approximate surface area is 225 Å². The summed E-state index contributed by atoms with van der Waals surface area (Å²) in [7, 11) is 2.12. The lowest BCUT2D eigenvalue weighted by molar-refractivity contribution is -0.132. The zero-order valence-electron chi connectivity index (χ0n) is 21.5. The van der Waals surface area contributed by atoms with Crippen LogP contribution in [-0.4, -0.2) is 77.8 Å². The van der Waals surface area contributed by atoms with Crippen LogP contribution < -0.4 is 25.2 Å². The van der Waals surface area contributed by atoms with Crippen LogP contribution in [0.5, 0.6) is 5.75 Å². The summed E-state index contributed by atoms with van der Waals surface area (Å²) >= 11 is 6.37. The van der Waals surface area contributed by atoms with E-state index in [1.54, 1.807) is 38.2 Å². The first kappa shape index (κ1) is 25.9. The molecule has 1 amide bonds. The van der Waals surface area contributed by atoms with E-state index in [1.807, 2.05) is 12.1 Å². The van der Waals surface area contributed by atoms with Gasteiger partial charge in [0.25, 0.3) is 5.91 Å². The fourth-order valence-corrected chi connectivity index (χ4v) is 4.55. The maximum absolute atomic E-state index is 13.3. The predicted octanol–water partition coefficient (Wildman–Crippen LogP) is 4.24. The first-order valence-corrected chi connectivity index (χ1v) is 12.8. The maximum atomic E-state index is 13.3. The van der Waals surface area contributed by atoms with E-state index in [9.17, 15) is 9.18 Å². The molecule has 0 unspecified atom stereocenters. The second kappa shape index (κ2) is 10.6. The van der Waals surface area contributed by atoms with Crippen molar-refractivity contribution >= 4 is 52.2 Å². The molecule has 0 spiro atoms. The molecule has 2 aromatic heterocycles. The molecule has 0 bridgehead atoms. The number of hydrogen-bond acceptors (Lipinski definition) is 9. The van der Waals surface area contributed by atoms with Crippen molar-refractivity contribution in [1.29, 1.82) is 0 Å². The molecule has 5 rings (SSSR count). The van der Waals surface area contributed by atoms with Gasteiger partial charge in [-0.05, 0) is 51.2 Å². The molecular weight excluding hydrogens is 511 g/mol. The van der Waals surface area contributed by atoms with Crippen LogP contribution in [0.3, 0.4) is 0 Å². The monoisotopic (exact) mass is 540 g/mol. The first-order chi connectivity index (χ1) is 18.2. The number of halogens is 2. The molecule has 4 heterocycles. The fourth-order valence-electron chi connectivity index (χ4n) is 4.42. The minimum Gasteiger partial charge on any atom is -0.476 e. The molecule has 0 aliphatic carbocycles. The van der Waals surface area contributed by atoms with Crippen molar-refractivity contribution in [3.05, 3.63) is 47.7 Å². The Hall–Kier alpha value is -3.70. The fraction of sp³-hybridized carbons (Fsp3) is 0.385. The maximum Gasteiger partial charge on any atom is 0.270 e. The average Bonchev–Trinajstić information content (AvgIpc) is 2.90. The molecule has 3 aromatic rings. The number of nitrogens with zero attached hydrogens (tertiary/aromatic N) is 6. The molecule has 2 aliphatic rings. The number of fused-ring (bicyclic) bond motifs is 1. The van der Waals surface area contributed by atoms with Gasteiger partial charge < -0.3 is 30.1 Å². The van der Waals surface area contributed by atoms with E-state index in [0.717, 1.165) is 37.7 Å². The van der Waals surface area contributed by atoms with Gasteiger partial charge in [-0.15, -0.1) is 0 Å². The van der Waals surface area contributed by atoms with Crippen molar-refractivity contribution in [2.24, 2.45) is 0 Å². The van der Waals surface area contributed by atoms with Gasteiger partial charge in [-0.25, -0.2) is 14.4 Å². The van der Waals surface area contributed by atoms with E-state index < -0.39 is 12.3 Å². The summed E-state index contributed by atoms with van der Waals surface area (Å²) in [5.41, 5.74) is 0.746. The quantitative estimate of drug-likeness (QED) is 0.456. The van der Waals surface area contributed by atoms with Crippen LogP contribution in [0.4, 0.5) is 39.0 Å². The van der Waals surface area contributed by atoms with Gasteiger partial charge in [0, 0.05) is 31.9 Å². The zero-order valence-corrected chi connectivity index (χ0v) is 22.3. The molecule has 1 aromatic carbocycles. The summed E-state index contributed by atoms with van der Waals surface area (Å²) in [5.74, 6) is 1.83. The molecule has 2 aliphatic heterocycles. The molecule has 0 radical (unpaired) electrons. The molecule has 1 saturated heterocycles. The van der Waals surface area contributed by atoms with Gasteiger partial charge in [-0.3, -0.25) is 4.79 Å². The number of likely N-dealkylation sites (N-methyl/N-ethyl adjacent to an activating group) is 1. The van der Waals surface area contributed by atoms with E-state index in [-0.39, 0.29) is 12.5 Å². The Bertz CT molecular complexity index is 1320. The third kappa shape index (κ3) is 5.44. The van der Waals surface area contributed by atoms with E-state index >= 15 is 0 Å². The number of pyridine rings is 1. The first-order valence-electron chi connectivity index (χ1n) is 12.4. The number of anilines is 6. The number of carbonyl (C=O) groups excluding carboxylic acids is 1. The molecule has 0 saturated carbocycles. The minimum absolute atomic E-state index is 0.0635. The summed E-state index contributed by atoms with van der Waals surface area (Å²) in [6.45, 7) is 6.50. The number of rotatable bonds is 7. The molecule has 38 heavy (non-hydrogen) atoms. The lowest BCUT2D eigenvalue weighted by Gasteiger charge is -2.38. The summed E-state index contributed by atoms with van der Waals surface area (Å²) < 4.78 is 19.1. The van der Waals surface area contributed by atoms with Gasteiger partial charge in [-0.2, -0.15) is 4.98 Å². The van der Waals surface area contributed by atoms with E-state index in [1.165, 1.54) is 11.1 Å². The van der Waals surface area contributed by atoms with Crippen molar-refractivity contribution in [2.45, 2.75) is 19.4 Å². The Balaban J connectivity index is 1.32. The number of benzene rings is 1. The van der Waals surface area contributed by atoms with Crippen LogP contribution in [-0.2, 0) is 4.79 Å². The topological polar surface area (TPSA) is 98.8 Å². The molecule has 200 valence electrons. The van der Waals surface area contributed by atoms with Crippen molar-refractivity contribution in [3.63, 3.8) is 0 Å². The van der Waals surface area contributed by atoms with Crippen molar-refractivity contribution in [3.8, 4) is 5.75 Å². The Morgan fingerprint density at radius 2 is 1.82 bits per heavy atom. The third-order valence-corrected chi connectivity index (χ3v) is 6.80. The number of piperazine rings is 1. The normalized spacial score (nSPS) is 17.1. The number of amides is 1. The van der Waals surface area contributed by atoms with Crippen LogP contribution in [0.15, 0.2) is 42.7 Å². The number of nitrogens with one attached hydrogen (secondary N) is 2. The third-order valence-electron chi connectivity index (χ3n) is 6.52. The van der Waals surface area contributed by atoms with E-state index in [4.69, 9.17) is 16.3 Å². The van der Waals surface area contributed by atoms with E-state index in [2.05, 4.69) is 42.4 Å². The largest absolute Gasteiger partial charge is 0.476 e. The molecule has 2 N–H and O–H groups in total. The standard InChI is InChI=1S/C26H30ClFN8O2/c1-26(2)24(37)36(9-8-28)20-14-17(4-6-21(20)38-26)31-23-19(27)16-30-25(33-23)32-18-5-7-22(29-15-18)35-12-10-34(3)11-13-35/h4-7,14-16H,8-13H2,1-3H3,(H2,30,31,32,33). The lowest BCUT2D eigenvalue weighted by Crippen LogP contribution is -2.53. The number of hydrogen-bond donors (Lipinski definition) is 2. The van der Waals surface area contributed by atoms with Gasteiger partial charge in [-0.1, -0.05) is 11.6 Å². The Morgan fingerprint density at radius 1 is 1.05 bits per heavy atom. The molecule has 0 atom stereocenters. The second-order valence-electron chi connectivity index (χ2n) is 9.78. The van der Waals surface area contributed by atoms with Gasteiger partial charge in [0.15, 0.2) is 11.4 Å². The lowest BCUT2D eigenvalue weighted by atomic mass is 10.0. The van der Waals surface area contributed by atoms with Crippen molar-refractivity contribution in [1.82, 2.24) is 19.9 Å². The Morgan fingerprint density at radius 3 is 2.53 bits per heavy atom. The molecule has 12 heteroatoms. The number of carbonyl (C=O) groups is 1. The number of ether oxygens (including phenoxy) is 1. The zero-order chi connectivity index (χ0) is 26.9. The predicted molar refractivity (Wildman–Crippen MR) is 147 cm³/mol. The molecule has 1 fully saturated rings. The SMILES string of the molecule is CN1CCN(c2ccc(Nc3ncc(Cl)c(Nc4ccc5c(c4)N(CCF)C(=O)C(C)(C)O5)n3)cn2)CC1. The summed E-state index contributed by atoms with van der Waals surface area (Å²) in [5, 5.41) is 6.64. The van der Waals surface area contributed by atoms with Gasteiger partial charge in [0.1, 0.15) is 23.3 Å². The van der Waals surface area contributed by atoms with Gasteiger partial charge in [0.2, 0.25) is 5.95 Å². The number of aromatic nitrogens is 3. The second-order valence-corrected chi connectivity index (χ2v) is 10.2. The van der Waals surface area contributed by atoms with Crippen molar-refractivity contribution in [2.75, 3.05) is 66.9 Å². The minimum atomic E-state index is -1.08. The number of alkyl halides is 1. The van der Waals surface area contributed by atoms with Crippen LogP contribution in [0.1, 0.15) is 13.8 Å². The van der Waals surface area contributed by atoms with Gasteiger partial charge in [0.05, 0.1) is 30.3 Å². The summed E-state index contributed by atoms with van der Waals surface area (Å²) in [6, 6.07) is 9.14. The molecule has 10 nitrogen and oxygen atoms in total. The highest BCUT2D eigenvalue weighted by Crippen LogP contribution is 2.40. The highest BCUT2D eigenvalue weighted by molar-refractivity contribution is 6.32.